The van der Waals surface area contributed by atoms with E-state index in [9.17, 15) is 13.2 Å². The topological polar surface area (TPSA) is 90.3 Å². The Morgan fingerprint density at radius 3 is 2.83 bits per heavy atom. The number of hydrogen-bond donors (Lipinski definition) is 1. The van der Waals surface area contributed by atoms with Crippen LogP contribution >= 0.6 is 22.7 Å². The maximum absolute atomic E-state index is 12.8. The standard InChI is InChI=1S/C15H15N3O3S3/c16-10-11-6-9-23-15(11)17-14(19)12-4-1-2-7-18(12)24(20,21)13-5-3-8-22-13/h3,5-6,8-9,12H,1-2,4,7H2,(H,17,19). The Labute approximate surface area is 148 Å². The second kappa shape index (κ2) is 7.03. The van der Waals surface area contributed by atoms with E-state index in [4.69, 9.17) is 5.26 Å². The molecule has 1 aliphatic heterocycles. The van der Waals surface area contributed by atoms with Crippen molar-refractivity contribution < 1.29 is 13.2 Å². The Kier molecular flexibility index (Phi) is 5.01. The van der Waals surface area contributed by atoms with Crippen LogP contribution in [0.1, 0.15) is 24.8 Å². The number of carbonyl (C=O) groups excluding carboxylic acids is 1. The number of anilines is 1. The molecule has 1 N–H and O–H groups in total. The summed E-state index contributed by atoms with van der Waals surface area (Å²) in [5.41, 5.74) is 0.386. The van der Waals surface area contributed by atoms with Crippen molar-refractivity contribution in [1.82, 2.24) is 4.31 Å². The molecular weight excluding hydrogens is 366 g/mol. The van der Waals surface area contributed by atoms with Gasteiger partial charge in [0.1, 0.15) is 21.3 Å². The van der Waals surface area contributed by atoms with Gasteiger partial charge < -0.3 is 5.32 Å². The average Bonchev–Trinajstić information content (AvgIpc) is 3.26. The van der Waals surface area contributed by atoms with Crippen LogP contribution in [0.4, 0.5) is 5.00 Å². The highest BCUT2D eigenvalue weighted by molar-refractivity contribution is 7.91. The first-order valence-corrected chi connectivity index (χ1v) is 10.6. The van der Waals surface area contributed by atoms with E-state index in [1.807, 2.05) is 6.07 Å². The minimum Gasteiger partial charge on any atom is -0.315 e. The Morgan fingerprint density at radius 2 is 2.12 bits per heavy atom. The molecule has 0 aromatic carbocycles. The Morgan fingerprint density at radius 1 is 1.29 bits per heavy atom. The van der Waals surface area contributed by atoms with Crippen molar-refractivity contribution in [2.75, 3.05) is 11.9 Å². The molecule has 6 nitrogen and oxygen atoms in total. The lowest BCUT2D eigenvalue weighted by molar-refractivity contribution is -0.120. The maximum Gasteiger partial charge on any atom is 0.253 e. The normalized spacial score (nSPS) is 18.9. The van der Waals surface area contributed by atoms with Gasteiger partial charge in [-0.1, -0.05) is 12.5 Å². The van der Waals surface area contributed by atoms with Gasteiger partial charge in [0.05, 0.1) is 5.56 Å². The second-order valence-electron chi connectivity index (χ2n) is 5.32. The van der Waals surface area contributed by atoms with Crippen molar-refractivity contribution in [2.24, 2.45) is 0 Å². The lowest BCUT2D eigenvalue weighted by atomic mass is 10.0. The lowest BCUT2D eigenvalue weighted by Gasteiger charge is -2.33. The highest BCUT2D eigenvalue weighted by Crippen LogP contribution is 2.29. The number of rotatable bonds is 4. The van der Waals surface area contributed by atoms with Gasteiger partial charge in [0.15, 0.2) is 0 Å². The number of nitriles is 1. The van der Waals surface area contributed by atoms with Crippen LogP contribution < -0.4 is 5.32 Å². The van der Waals surface area contributed by atoms with Gasteiger partial charge in [-0.3, -0.25) is 4.79 Å². The number of piperidine rings is 1. The van der Waals surface area contributed by atoms with Gasteiger partial charge in [-0.05, 0) is 35.7 Å². The summed E-state index contributed by atoms with van der Waals surface area (Å²) in [4.78, 5) is 12.6. The van der Waals surface area contributed by atoms with E-state index in [-0.39, 0.29) is 10.1 Å². The summed E-state index contributed by atoms with van der Waals surface area (Å²) in [6.07, 6.45) is 2.00. The molecule has 1 aliphatic rings. The van der Waals surface area contributed by atoms with Gasteiger partial charge in [0.25, 0.3) is 10.0 Å². The minimum atomic E-state index is -3.68. The average molecular weight is 382 g/mol. The van der Waals surface area contributed by atoms with E-state index in [0.29, 0.717) is 23.5 Å². The highest BCUT2D eigenvalue weighted by atomic mass is 32.2. The van der Waals surface area contributed by atoms with Crippen LogP contribution in [-0.2, 0) is 14.8 Å². The summed E-state index contributed by atoms with van der Waals surface area (Å²) in [6.45, 7) is 0.327. The Hall–Kier alpha value is -1.73. The molecule has 9 heteroatoms. The first kappa shape index (κ1) is 17.1. The number of amides is 1. The van der Waals surface area contributed by atoms with Crippen LogP contribution in [0.25, 0.3) is 0 Å². The van der Waals surface area contributed by atoms with Gasteiger partial charge in [0.2, 0.25) is 5.91 Å². The molecule has 0 radical (unpaired) electrons. The van der Waals surface area contributed by atoms with Crippen LogP contribution in [0, 0.1) is 11.3 Å². The summed E-state index contributed by atoms with van der Waals surface area (Å²) in [7, 11) is -3.68. The Bertz CT molecular complexity index is 865. The second-order valence-corrected chi connectivity index (χ2v) is 9.31. The largest absolute Gasteiger partial charge is 0.315 e. The van der Waals surface area contributed by atoms with E-state index in [1.54, 1.807) is 29.0 Å². The molecule has 0 spiro atoms. The van der Waals surface area contributed by atoms with E-state index >= 15 is 0 Å². The van der Waals surface area contributed by atoms with Crippen LogP contribution in [0.5, 0.6) is 0 Å². The predicted molar refractivity (Wildman–Crippen MR) is 93.5 cm³/mol. The van der Waals surface area contributed by atoms with Crippen molar-refractivity contribution in [3.63, 3.8) is 0 Å². The molecule has 0 bridgehead atoms. The molecule has 1 atom stereocenters. The van der Waals surface area contributed by atoms with Crippen LogP contribution in [0.15, 0.2) is 33.2 Å². The summed E-state index contributed by atoms with van der Waals surface area (Å²) in [6, 6.07) is 6.12. The first-order valence-electron chi connectivity index (χ1n) is 7.38. The molecule has 2 aromatic heterocycles. The molecule has 24 heavy (non-hydrogen) atoms. The van der Waals surface area contributed by atoms with Gasteiger partial charge >= 0.3 is 0 Å². The summed E-state index contributed by atoms with van der Waals surface area (Å²) < 4.78 is 27.1. The molecule has 2 aromatic rings. The van der Waals surface area contributed by atoms with E-state index < -0.39 is 16.1 Å². The van der Waals surface area contributed by atoms with Crippen LogP contribution in [0.2, 0.25) is 0 Å². The zero-order valence-corrected chi connectivity index (χ0v) is 15.1. The zero-order chi connectivity index (χ0) is 17.2. The summed E-state index contributed by atoms with van der Waals surface area (Å²) in [5, 5.41) is 15.6. The monoisotopic (exact) mass is 381 g/mol. The lowest BCUT2D eigenvalue weighted by Crippen LogP contribution is -2.49. The van der Waals surface area contributed by atoms with Crippen molar-refractivity contribution >= 4 is 43.6 Å². The summed E-state index contributed by atoms with van der Waals surface area (Å²) in [5.74, 6) is -0.381. The smallest absolute Gasteiger partial charge is 0.253 e. The van der Waals surface area contributed by atoms with Gasteiger partial charge in [-0.2, -0.15) is 9.57 Å². The van der Waals surface area contributed by atoms with E-state index in [2.05, 4.69) is 5.32 Å². The first-order chi connectivity index (χ1) is 11.5. The van der Waals surface area contributed by atoms with Gasteiger partial charge in [-0.15, -0.1) is 22.7 Å². The van der Waals surface area contributed by atoms with Crippen molar-refractivity contribution in [3.8, 4) is 6.07 Å². The molecule has 1 saturated heterocycles. The quantitative estimate of drug-likeness (QED) is 0.882. The molecule has 3 heterocycles. The third kappa shape index (κ3) is 3.23. The molecule has 1 amide bonds. The molecule has 0 saturated carbocycles. The fourth-order valence-electron chi connectivity index (χ4n) is 2.67. The van der Waals surface area contributed by atoms with E-state index in [0.717, 1.165) is 24.2 Å². The molecular formula is C15H15N3O3S3. The number of carbonyl (C=O) groups is 1. The Balaban J connectivity index is 1.85. The van der Waals surface area contributed by atoms with Crippen LogP contribution in [0.3, 0.4) is 0 Å². The molecule has 1 unspecified atom stereocenters. The highest BCUT2D eigenvalue weighted by Gasteiger charge is 2.38. The molecule has 3 rings (SSSR count). The molecule has 0 aliphatic carbocycles. The SMILES string of the molecule is N#Cc1ccsc1NC(=O)C1CCCCN1S(=O)(=O)c1cccs1. The molecule has 1 fully saturated rings. The summed E-state index contributed by atoms with van der Waals surface area (Å²) >= 11 is 2.40. The number of nitrogens with one attached hydrogen (secondary N) is 1. The maximum atomic E-state index is 12.8. The van der Waals surface area contributed by atoms with Crippen molar-refractivity contribution in [1.29, 1.82) is 5.26 Å². The number of thiophene rings is 2. The minimum absolute atomic E-state index is 0.246. The predicted octanol–water partition coefficient (Wildman–Crippen LogP) is 2.86. The van der Waals surface area contributed by atoms with Crippen molar-refractivity contribution in [3.05, 3.63) is 34.5 Å². The number of hydrogen-bond acceptors (Lipinski definition) is 6. The van der Waals surface area contributed by atoms with Gasteiger partial charge in [0, 0.05) is 6.54 Å². The van der Waals surface area contributed by atoms with Crippen molar-refractivity contribution in [2.45, 2.75) is 29.5 Å². The van der Waals surface area contributed by atoms with Gasteiger partial charge in [-0.25, -0.2) is 8.42 Å². The fourth-order valence-corrected chi connectivity index (χ4v) is 6.19. The number of sulfonamides is 1. The molecule has 126 valence electrons. The number of nitrogens with zero attached hydrogens (tertiary/aromatic N) is 2. The third-order valence-electron chi connectivity index (χ3n) is 3.84. The third-order valence-corrected chi connectivity index (χ3v) is 7.95. The van der Waals surface area contributed by atoms with Crippen LogP contribution in [-0.4, -0.2) is 31.2 Å². The zero-order valence-electron chi connectivity index (χ0n) is 12.6. The van der Waals surface area contributed by atoms with E-state index in [1.165, 1.54) is 15.6 Å². The fraction of sp³-hybridized carbons (Fsp3) is 0.333.